The lowest BCUT2D eigenvalue weighted by Crippen LogP contribution is -2.10. The molecule has 1 unspecified atom stereocenters. The van der Waals surface area contributed by atoms with Crippen molar-refractivity contribution in [2.75, 3.05) is 0 Å². The van der Waals surface area contributed by atoms with Gasteiger partial charge in [-0.15, -0.1) is 0 Å². The lowest BCUT2D eigenvalue weighted by atomic mass is 10.0. The average Bonchev–Trinajstić information content (AvgIpc) is 3.02. The number of pyridine rings is 1. The van der Waals surface area contributed by atoms with Crippen LogP contribution in [-0.4, -0.2) is 20.3 Å². The molecule has 1 atom stereocenters. The summed E-state index contributed by atoms with van der Waals surface area (Å²) in [5.41, 5.74) is 0.824. The molecule has 0 bridgehead atoms. The third kappa shape index (κ3) is 2.88. The van der Waals surface area contributed by atoms with Crippen LogP contribution in [0.5, 0.6) is 0 Å². The number of ketones is 1. The minimum atomic E-state index is -1.15. The van der Waals surface area contributed by atoms with Crippen molar-refractivity contribution < 1.29 is 15.4 Å². The van der Waals surface area contributed by atoms with Crippen LogP contribution in [-0.2, 0) is 0 Å². The van der Waals surface area contributed by atoms with E-state index >= 15 is 0 Å². The number of aromatic nitrogens is 2. The van der Waals surface area contributed by atoms with E-state index in [1.807, 2.05) is 6.92 Å². The molecule has 6 heteroatoms. The number of benzene rings is 1. The molecule has 1 aromatic carbocycles. The van der Waals surface area contributed by atoms with E-state index in [-0.39, 0.29) is 28.6 Å². The number of halogens is 2. The van der Waals surface area contributed by atoms with Gasteiger partial charge in [-0.1, -0.05) is 17.6 Å². The minimum absolute atomic E-state index is 0.0151. The van der Waals surface area contributed by atoms with Gasteiger partial charge in [-0.25, -0.2) is 4.98 Å². The zero-order chi connectivity index (χ0) is 20.2. The molecule has 1 N–H and O–H groups in total. The Bertz CT molecular complexity index is 1090. The van der Waals surface area contributed by atoms with Crippen LogP contribution in [0, 0.1) is 10.5 Å². The van der Waals surface area contributed by atoms with E-state index in [2.05, 4.69) is 27.6 Å². The maximum atomic E-state index is 13.2. The van der Waals surface area contributed by atoms with Gasteiger partial charge in [-0.2, -0.15) is 0 Å². The summed E-state index contributed by atoms with van der Waals surface area (Å²) in [5, 5.41) is 10.5. The molecule has 0 spiro atoms. The predicted octanol–water partition coefficient (Wildman–Crippen LogP) is 4.19. The summed E-state index contributed by atoms with van der Waals surface area (Å²) in [4.78, 5) is 17.4. The lowest BCUT2D eigenvalue weighted by Gasteiger charge is -2.09. The van der Waals surface area contributed by atoms with Crippen molar-refractivity contribution in [2.24, 2.45) is 0 Å². The fourth-order valence-corrected chi connectivity index (χ4v) is 3.23. The summed E-state index contributed by atoms with van der Waals surface area (Å²) in [5.74, 6) is -0.539. The highest BCUT2D eigenvalue weighted by molar-refractivity contribution is 14.1. The van der Waals surface area contributed by atoms with E-state index in [1.165, 1.54) is 13.0 Å². The number of hydrogen-bond acceptors (Lipinski definition) is 3. The Morgan fingerprint density at radius 2 is 2.22 bits per heavy atom. The Labute approximate surface area is 157 Å². The van der Waals surface area contributed by atoms with Gasteiger partial charge in [0.25, 0.3) is 0 Å². The predicted molar refractivity (Wildman–Crippen MR) is 98.2 cm³/mol. The van der Waals surface area contributed by atoms with E-state index in [0.717, 1.165) is 13.5 Å². The van der Waals surface area contributed by atoms with Gasteiger partial charge in [0, 0.05) is 20.3 Å². The zero-order valence-electron chi connectivity index (χ0n) is 16.2. The highest BCUT2D eigenvalue weighted by atomic mass is 127. The van der Waals surface area contributed by atoms with Crippen LogP contribution in [0.25, 0.3) is 5.65 Å². The fourth-order valence-electron chi connectivity index (χ4n) is 2.22. The van der Waals surface area contributed by atoms with E-state index in [0.29, 0.717) is 5.02 Å². The Balaban J connectivity index is 2.40. The van der Waals surface area contributed by atoms with Crippen molar-refractivity contribution in [1.82, 2.24) is 9.38 Å². The first kappa shape index (κ1) is 12.0. The molecule has 0 aliphatic carbocycles. The zero-order valence-corrected chi connectivity index (χ0v) is 15.2. The normalized spacial score (nSPS) is 15.0. The number of nitrogens with zero attached hydrogens (tertiary/aromatic N) is 2. The van der Waals surface area contributed by atoms with Crippen LogP contribution in [0.4, 0.5) is 0 Å². The van der Waals surface area contributed by atoms with Crippen LogP contribution in [0.3, 0.4) is 0 Å². The second-order valence-electron chi connectivity index (χ2n) is 5.06. The topological polar surface area (TPSA) is 54.6 Å². The van der Waals surface area contributed by atoms with Gasteiger partial charge in [0.15, 0.2) is 0 Å². The Morgan fingerprint density at radius 1 is 1.48 bits per heavy atom. The first-order chi connectivity index (χ1) is 12.6. The molecule has 0 aliphatic rings. The SMILES string of the molecule is [2H]c1c([2H])c([2H])n2c(C(=O)c3cc(Cl)c(C)c(I)c3)c(C(C)O)nc2c1[2H]. The van der Waals surface area contributed by atoms with Gasteiger partial charge >= 0.3 is 0 Å². The molecule has 2 heterocycles. The molecule has 0 saturated heterocycles. The van der Waals surface area contributed by atoms with Crippen LogP contribution in [0.2, 0.25) is 5.02 Å². The van der Waals surface area contributed by atoms with E-state index in [1.54, 1.807) is 6.07 Å². The summed E-state index contributed by atoms with van der Waals surface area (Å²) >= 11 is 8.26. The van der Waals surface area contributed by atoms with Crippen LogP contribution < -0.4 is 0 Å². The second-order valence-corrected chi connectivity index (χ2v) is 6.63. The van der Waals surface area contributed by atoms with E-state index in [4.69, 9.17) is 17.1 Å². The molecular formula is C17H14ClIN2O2. The van der Waals surface area contributed by atoms with Crippen LogP contribution >= 0.6 is 34.2 Å². The lowest BCUT2D eigenvalue weighted by molar-refractivity contribution is 0.102. The number of aliphatic hydroxyl groups excluding tert-OH is 1. The maximum Gasteiger partial charge on any atom is 0.211 e. The van der Waals surface area contributed by atoms with Crippen LogP contribution in [0.15, 0.2) is 36.4 Å². The largest absolute Gasteiger partial charge is 0.387 e. The minimum Gasteiger partial charge on any atom is -0.387 e. The molecule has 0 radical (unpaired) electrons. The third-order valence-electron chi connectivity index (χ3n) is 3.46. The summed E-state index contributed by atoms with van der Waals surface area (Å²) in [6, 6.07) is 1.81. The van der Waals surface area contributed by atoms with Crippen molar-refractivity contribution in [3.63, 3.8) is 0 Å². The molecule has 0 fully saturated rings. The Kier molecular flexibility index (Phi) is 3.25. The molecule has 2 aromatic heterocycles. The van der Waals surface area contributed by atoms with E-state index in [9.17, 15) is 9.90 Å². The number of carbonyl (C=O) groups is 1. The van der Waals surface area contributed by atoms with Gasteiger partial charge in [-0.05, 0) is 66.2 Å². The first-order valence-electron chi connectivity index (χ1n) is 8.73. The molecule has 23 heavy (non-hydrogen) atoms. The molecule has 0 amide bonds. The number of rotatable bonds is 3. The number of aliphatic hydroxyl groups is 1. The molecule has 0 aliphatic heterocycles. The van der Waals surface area contributed by atoms with Gasteiger partial charge in [0.05, 0.1) is 17.3 Å². The quantitative estimate of drug-likeness (QED) is 0.487. The molecule has 118 valence electrons. The van der Waals surface area contributed by atoms with Crippen molar-refractivity contribution in [3.8, 4) is 0 Å². The second kappa shape index (κ2) is 6.22. The molecule has 0 saturated carbocycles. The monoisotopic (exact) mass is 444 g/mol. The van der Waals surface area contributed by atoms with Gasteiger partial charge in [-0.3, -0.25) is 9.20 Å². The van der Waals surface area contributed by atoms with Crippen molar-refractivity contribution >= 4 is 45.6 Å². The Morgan fingerprint density at radius 3 is 2.87 bits per heavy atom. The average molecular weight is 445 g/mol. The summed E-state index contributed by atoms with van der Waals surface area (Å²) < 4.78 is 33.7. The smallest absolute Gasteiger partial charge is 0.211 e. The van der Waals surface area contributed by atoms with Crippen molar-refractivity contribution in [2.45, 2.75) is 20.0 Å². The van der Waals surface area contributed by atoms with Gasteiger partial charge in [0.1, 0.15) is 11.3 Å². The fraction of sp³-hybridized carbons (Fsp3) is 0.176. The number of carbonyl (C=O) groups excluding carboxylic acids is 1. The first-order valence-corrected chi connectivity index (χ1v) is 8.19. The van der Waals surface area contributed by atoms with Crippen molar-refractivity contribution in [1.29, 1.82) is 0 Å². The van der Waals surface area contributed by atoms with E-state index < -0.39 is 30.1 Å². The molecule has 3 aromatic rings. The molecule has 3 rings (SSSR count). The highest BCUT2D eigenvalue weighted by Crippen LogP contribution is 2.27. The van der Waals surface area contributed by atoms with Gasteiger partial charge in [0.2, 0.25) is 5.78 Å². The van der Waals surface area contributed by atoms with Crippen molar-refractivity contribution in [3.05, 3.63) is 67.5 Å². The summed E-state index contributed by atoms with van der Waals surface area (Å²) in [6.07, 6.45) is -1.59. The number of hydrogen-bond donors (Lipinski definition) is 1. The number of fused-ring (bicyclic) bond motifs is 1. The molecular weight excluding hydrogens is 427 g/mol. The Hall–Kier alpha value is -1.44. The summed E-state index contributed by atoms with van der Waals surface area (Å²) in [6.45, 7) is 3.24. The summed E-state index contributed by atoms with van der Waals surface area (Å²) in [7, 11) is 0. The van der Waals surface area contributed by atoms with Gasteiger partial charge < -0.3 is 5.11 Å². The number of imidazole rings is 1. The highest BCUT2D eigenvalue weighted by Gasteiger charge is 2.24. The van der Waals surface area contributed by atoms with Crippen LogP contribution in [0.1, 0.15) is 45.8 Å². The maximum absolute atomic E-state index is 13.2. The molecule has 4 nitrogen and oxygen atoms in total. The third-order valence-corrected chi connectivity index (χ3v) is 4.98. The standard InChI is InChI=1S/C17H14ClIN2O2/c1-9-12(18)7-11(8-13(9)19)17(23)16-15(10(2)22)20-14-5-3-4-6-21(14)16/h3-8,10,22H,1-2H3/i3D,4D,5D,6D.